The minimum atomic E-state index is -8.03. The van der Waals surface area contributed by atoms with Crippen LogP contribution < -0.4 is 0 Å². The first-order valence-corrected chi connectivity index (χ1v) is 6.18. The van der Waals surface area contributed by atoms with Gasteiger partial charge >= 0.3 is 41.8 Å². The van der Waals surface area contributed by atoms with Crippen LogP contribution in [0.4, 0.5) is 57.1 Å². The van der Waals surface area contributed by atoms with E-state index in [2.05, 4.69) is 0 Å². The Morgan fingerprint density at radius 2 is 0.958 bits per heavy atom. The van der Waals surface area contributed by atoms with Crippen molar-refractivity contribution in [2.75, 3.05) is 0 Å². The largest absolute Gasteiger partial charge is 0.480 e. The van der Waals surface area contributed by atoms with Gasteiger partial charge in [0, 0.05) is 0 Å². The average Bonchev–Trinajstić information content (AvgIpc) is 2.35. The molecule has 0 saturated heterocycles. The summed E-state index contributed by atoms with van der Waals surface area (Å²) < 4.78 is 160. The summed E-state index contributed by atoms with van der Waals surface area (Å²) in [5.74, 6) is -41.0. The number of hydrogen-bond acceptors (Lipinski definition) is 1. The Labute approximate surface area is 136 Å². The Balaban J connectivity index is 6.36. The summed E-state index contributed by atoms with van der Waals surface area (Å²) in [6, 6.07) is 0. The number of carbonyl (C=O) groups is 1. The maximum absolute atomic E-state index is 13.1. The van der Waals surface area contributed by atoms with Crippen LogP contribution in [0.3, 0.4) is 0 Å². The molecule has 2 nitrogen and oxygen atoms in total. The third-order valence-electron chi connectivity index (χ3n) is 2.49. The summed E-state index contributed by atoms with van der Waals surface area (Å²) in [5, 5.41) is 8.06. The minimum absolute atomic E-state index is 0.113. The van der Waals surface area contributed by atoms with Crippen LogP contribution in [0, 0.1) is 0 Å². The Morgan fingerprint density at radius 1 is 0.667 bits per heavy atom. The van der Waals surface area contributed by atoms with E-state index in [0.29, 0.717) is 0 Å². The minimum Gasteiger partial charge on any atom is -0.480 e. The molecular weight excluding hydrogens is 502 g/mol. The molecule has 0 rings (SSSR count). The van der Waals surface area contributed by atoms with E-state index >= 15 is 0 Å². The molecule has 0 fully saturated rings. The number of alkyl halides is 14. The fourth-order valence-corrected chi connectivity index (χ4v) is 1.49. The van der Waals surface area contributed by atoms with Crippen molar-refractivity contribution in [1.82, 2.24) is 0 Å². The van der Waals surface area contributed by atoms with E-state index in [1.807, 2.05) is 0 Å². The van der Waals surface area contributed by atoms with Crippen LogP contribution in [-0.2, 0) is 4.79 Å². The molecule has 0 aromatic heterocycles. The van der Waals surface area contributed by atoms with Crippen LogP contribution in [0.1, 0.15) is 0 Å². The Morgan fingerprint density at radius 3 is 1.21 bits per heavy atom. The summed E-state index contributed by atoms with van der Waals surface area (Å²) >= 11 is -0.113. The van der Waals surface area contributed by atoms with Crippen LogP contribution in [0.5, 0.6) is 0 Å². The standard InChI is InChI=1S/C8H2F13IO2/c9-3(10,1(22)2(23)24)4(11,12)5(13,14)6(15,16)7(17,18)8(19,20)21/h1H,(H,23,24). The average molecular weight is 504 g/mol. The second-order valence-electron chi connectivity index (χ2n) is 4.12. The van der Waals surface area contributed by atoms with E-state index in [1.54, 1.807) is 0 Å². The molecule has 0 heterocycles. The van der Waals surface area contributed by atoms with Gasteiger partial charge in [0.25, 0.3) is 0 Å². The van der Waals surface area contributed by atoms with Gasteiger partial charge in [-0.15, -0.1) is 0 Å². The molecule has 1 N–H and O–H groups in total. The van der Waals surface area contributed by atoms with Gasteiger partial charge in [0.15, 0.2) is 3.92 Å². The molecule has 0 saturated carbocycles. The van der Waals surface area contributed by atoms with Gasteiger partial charge in [-0.1, -0.05) is 22.6 Å². The van der Waals surface area contributed by atoms with E-state index in [4.69, 9.17) is 5.11 Å². The highest BCUT2D eigenvalue weighted by molar-refractivity contribution is 14.1. The summed E-state index contributed by atoms with van der Waals surface area (Å²) in [6.07, 6.45) is -7.50. The predicted molar refractivity (Wildman–Crippen MR) is 56.2 cm³/mol. The van der Waals surface area contributed by atoms with Crippen LogP contribution in [0.25, 0.3) is 0 Å². The molecule has 0 radical (unpaired) electrons. The third kappa shape index (κ3) is 2.97. The van der Waals surface area contributed by atoms with Gasteiger partial charge in [-0.25, -0.2) is 0 Å². The van der Waals surface area contributed by atoms with Gasteiger partial charge in [0.05, 0.1) is 0 Å². The van der Waals surface area contributed by atoms with E-state index in [9.17, 15) is 61.9 Å². The summed E-state index contributed by atoms with van der Waals surface area (Å²) in [7, 11) is 0. The first-order chi connectivity index (χ1) is 10.1. The number of rotatable bonds is 6. The molecule has 0 amide bonds. The van der Waals surface area contributed by atoms with Crippen LogP contribution in [0.2, 0.25) is 0 Å². The van der Waals surface area contributed by atoms with Crippen molar-refractivity contribution in [2.24, 2.45) is 0 Å². The lowest BCUT2D eigenvalue weighted by Crippen LogP contribution is -2.71. The van der Waals surface area contributed by atoms with E-state index in [1.165, 1.54) is 0 Å². The number of carboxylic acids is 1. The zero-order valence-corrected chi connectivity index (χ0v) is 12.4. The molecule has 0 spiro atoms. The number of aliphatic carboxylic acids is 1. The molecule has 0 bridgehead atoms. The molecular formula is C8H2F13IO2. The molecule has 0 aliphatic rings. The smallest absolute Gasteiger partial charge is 0.460 e. The van der Waals surface area contributed by atoms with Gasteiger partial charge in [-0.3, -0.25) is 4.79 Å². The highest BCUT2D eigenvalue weighted by Crippen LogP contribution is 2.61. The summed E-state index contributed by atoms with van der Waals surface area (Å²) in [5.41, 5.74) is 0. The number of hydrogen-bond donors (Lipinski definition) is 1. The van der Waals surface area contributed by atoms with Gasteiger partial charge in [0.1, 0.15) is 0 Å². The van der Waals surface area contributed by atoms with Crippen LogP contribution in [-0.4, -0.2) is 50.8 Å². The summed E-state index contributed by atoms with van der Waals surface area (Å²) in [6.45, 7) is 0. The Kier molecular flexibility index (Phi) is 5.75. The van der Waals surface area contributed by atoms with Crippen molar-refractivity contribution >= 4 is 28.6 Å². The van der Waals surface area contributed by atoms with Crippen LogP contribution in [0.15, 0.2) is 0 Å². The van der Waals surface area contributed by atoms with Crippen molar-refractivity contribution < 1.29 is 67.0 Å². The van der Waals surface area contributed by atoms with Crippen molar-refractivity contribution in [1.29, 1.82) is 0 Å². The van der Waals surface area contributed by atoms with Crippen molar-refractivity contribution in [3.05, 3.63) is 0 Å². The number of halogens is 14. The fourth-order valence-electron chi connectivity index (χ4n) is 1.10. The molecule has 0 aliphatic heterocycles. The van der Waals surface area contributed by atoms with Gasteiger partial charge < -0.3 is 5.11 Å². The maximum atomic E-state index is 13.1. The second-order valence-corrected chi connectivity index (χ2v) is 5.36. The molecule has 24 heavy (non-hydrogen) atoms. The van der Waals surface area contributed by atoms with Crippen molar-refractivity contribution in [3.8, 4) is 0 Å². The first kappa shape index (κ1) is 23.3. The maximum Gasteiger partial charge on any atom is 0.460 e. The second kappa shape index (κ2) is 5.93. The highest BCUT2D eigenvalue weighted by Gasteiger charge is 2.91. The van der Waals surface area contributed by atoms with E-state index < -0.39 is 45.7 Å². The van der Waals surface area contributed by atoms with Gasteiger partial charge in [-0.2, -0.15) is 57.1 Å². The lowest BCUT2D eigenvalue weighted by molar-refractivity contribution is -0.439. The lowest BCUT2D eigenvalue weighted by atomic mass is 9.92. The predicted octanol–water partition coefficient (Wildman–Crippen LogP) is 4.61. The third-order valence-corrected chi connectivity index (χ3v) is 3.81. The quantitative estimate of drug-likeness (QED) is 0.326. The SMILES string of the molecule is O=C(O)C(I)C(F)(F)C(F)(F)C(F)(F)C(F)(F)C(F)(F)C(F)(F)F. The molecule has 144 valence electrons. The molecule has 0 aliphatic carbocycles. The van der Waals surface area contributed by atoms with Crippen molar-refractivity contribution in [2.45, 2.75) is 39.7 Å². The van der Waals surface area contributed by atoms with Crippen LogP contribution >= 0.6 is 22.6 Å². The number of carboxylic acid groups (broad SMARTS) is 1. The molecule has 16 heteroatoms. The molecule has 0 aromatic carbocycles. The Bertz CT molecular complexity index is 497. The molecule has 0 aromatic rings. The molecule has 1 unspecified atom stereocenters. The highest BCUT2D eigenvalue weighted by atomic mass is 127. The van der Waals surface area contributed by atoms with E-state index in [-0.39, 0.29) is 22.6 Å². The molecule has 1 atom stereocenters. The topological polar surface area (TPSA) is 37.3 Å². The van der Waals surface area contributed by atoms with Gasteiger partial charge in [-0.05, 0) is 0 Å². The Hall–Kier alpha value is -0.710. The fraction of sp³-hybridized carbons (Fsp3) is 0.875. The zero-order valence-electron chi connectivity index (χ0n) is 10.2. The lowest BCUT2D eigenvalue weighted by Gasteiger charge is -2.40. The summed E-state index contributed by atoms with van der Waals surface area (Å²) in [4.78, 5) is 10.1. The monoisotopic (exact) mass is 504 g/mol. The first-order valence-electron chi connectivity index (χ1n) is 4.93. The van der Waals surface area contributed by atoms with E-state index in [0.717, 1.165) is 0 Å². The van der Waals surface area contributed by atoms with Gasteiger partial charge in [0.2, 0.25) is 0 Å². The zero-order chi connectivity index (χ0) is 20.2. The normalized spacial score (nSPS) is 16.9. The van der Waals surface area contributed by atoms with Crippen molar-refractivity contribution in [3.63, 3.8) is 0 Å².